The second kappa shape index (κ2) is 5.98. The normalized spacial score (nSPS) is 13.4. The summed E-state index contributed by atoms with van der Waals surface area (Å²) in [5.41, 5.74) is 5.46. The molecule has 118 valence electrons. The number of hydrogen-bond donors (Lipinski definition) is 1. The fourth-order valence-electron chi connectivity index (χ4n) is 2.45. The number of aliphatic imine (C=N–C) groups is 1. The maximum Gasteiger partial charge on any atom is 0.154 e. The Bertz CT molecular complexity index is 945. The molecule has 0 saturated heterocycles. The zero-order chi connectivity index (χ0) is 16.5. The third-order valence-electron chi connectivity index (χ3n) is 3.59. The highest BCUT2D eigenvalue weighted by Crippen LogP contribution is 2.28. The van der Waals surface area contributed by atoms with E-state index in [1.165, 1.54) is 35.6 Å². The van der Waals surface area contributed by atoms with Gasteiger partial charge < -0.3 is 0 Å². The Morgan fingerprint density at radius 3 is 2.46 bits per heavy atom. The lowest BCUT2D eigenvalue weighted by molar-refractivity contribution is 0.627. The van der Waals surface area contributed by atoms with Crippen LogP contribution >= 0.6 is 11.3 Å². The van der Waals surface area contributed by atoms with Crippen LogP contribution in [0, 0.1) is 11.6 Å². The first-order valence-electron chi connectivity index (χ1n) is 7.23. The highest BCUT2D eigenvalue weighted by atomic mass is 32.1. The third kappa shape index (κ3) is 2.72. The predicted molar refractivity (Wildman–Crippen MR) is 92.1 cm³/mol. The number of nitrogens with zero attached hydrogens (tertiary/aromatic N) is 2. The summed E-state index contributed by atoms with van der Waals surface area (Å²) < 4.78 is 26.9. The van der Waals surface area contributed by atoms with E-state index in [0.717, 1.165) is 4.88 Å². The van der Waals surface area contributed by atoms with Gasteiger partial charge >= 0.3 is 0 Å². The minimum Gasteiger partial charge on any atom is -0.260 e. The number of hydrazone groups is 1. The molecular formula is C18H11F2N3S. The Balaban J connectivity index is 1.87. The third-order valence-corrected chi connectivity index (χ3v) is 4.47. The van der Waals surface area contributed by atoms with Crippen molar-refractivity contribution in [3.63, 3.8) is 0 Å². The summed E-state index contributed by atoms with van der Waals surface area (Å²) in [5, 5.41) is 6.35. The molecule has 1 aliphatic rings. The SMILES string of the molecule is Fc1ccc(C2=Nc3ccc(F)cc3C(c3cccs3)=NN2)cc1. The number of hydrogen-bond acceptors (Lipinski definition) is 4. The standard InChI is InChI=1S/C18H11F2N3S/c19-12-5-3-11(4-6-12)18-21-15-8-7-13(20)10-14(15)17(22-23-18)16-2-1-9-24-16/h1-10H,(H,21,23). The highest BCUT2D eigenvalue weighted by molar-refractivity contribution is 7.12. The number of amidine groups is 1. The number of halogens is 2. The lowest BCUT2D eigenvalue weighted by atomic mass is 10.1. The minimum atomic E-state index is -0.349. The van der Waals surface area contributed by atoms with Crippen LogP contribution in [0.15, 0.2) is 70.1 Å². The maximum atomic E-state index is 13.7. The molecule has 0 unspecified atom stereocenters. The minimum absolute atomic E-state index is 0.321. The van der Waals surface area contributed by atoms with Crippen molar-refractivity contribution in [2.75, 3.05) is 0 Å². The first kappa shape index (κ1) is 14.7. The van der Waals surface area contributed by atoms with Crippen molar-refractivity contribution in [3.05, 3.63) is 87.6 Å². The first-order chi connectivity index (χ1) is 11.7. The van der Waals surface area contributed by atoms with Crippen molar-refractivity contribution in [2.24, 2.45) is 10.1 Å². The molecule has 0 aliphatic carbocycles. The molecule has 6 heteroatoms. The van der Waals surface area contributed by atoms with E-state index in [1.54, 1.807) is 18.2 Å². The second-order valence-corrected chi connectivity index (χ2v) is 6.13. The number of thiophene rings is 1. The van der Waals surface area contributed by atoms with E-state index in [9.17, 15) is 8.78 Å². The topological polar surface area (TPSA) is 36.8 Å². The summed E-state index contributed by atoms with van der Waals surface area (Å²) in [7, 11) is 0. The van der Waals surface area contributed by atoms with Gasteiger partial charge in [-0.2, -0.15) is 5.10 Å². The highest BCUT2D eigenvalue weighted by Gasteiger charge is 2.18. The van der Waals surface area contributed by atoms with Crippen LogP contribution in [0.4, 0.5) is 14.5 Å². The molecule has 0 fully saturated rings. The molecule has 3 aromatic rings. The first-order valence-corrected chi connectivity index (χ1v) is 8.11. The molecule has 0 atom stereocenters. The monoisotopic (exact) mass is 339 g/mol. The zero-order valence-corrected chi connectivity index (χ0v) is 13.1. The van der Waals surface area contributed by atoms with Crippen molar-refractivity contribution >= 4 is 28.6 Å². The van der Waals surface area contributed by atoms with Gasteiger partial charge in [0.15, 0.2) is 5.84 Å². The molecule has 0 spiro atoms. The Labute approximate surface area is 141 Å². The largest absolute Gasteiger partial charge is 0.260 e. The van der Waals surface area contributed by atoms with Crippen LogP contribution in [0.25, 0.3) is 0 Å². The summed E-state index contributed by atoms with van der Waals surface area (Å²) in [6.07, 6.45) is 0. The van der Waals surface area contributed by atoms with E-state index in [-0.39, 0.29) is 11.6 Å². The summed E-state index contributed by atoms with van der Waals surface area (Å²) in [5.74, 6) is -0.189. The number of rotatable bonds is 2. The van der Waals surface area contributed by atoms with Gasteiger partial charge in [-0.25, -0.2) is 13.8 Å². The molecule has 2 heterocycles. The van der Waals surface area contributed by atoms with E-state index in [4.69, 9.17) is 0 Å². The van der Waals surface area contributed by atoms with Gasteiger partial charge in [-0.1, -0.05) is 6.07 Å². The Hall–Kier alpha value is -2.86. The Morgan fingerprint density at radius 2 is 1.71 bits per heavy atom. The van der Waals surface area contributed by atoms with E-state index >= 15 is 0 Å². The van der Waals surface area contributed by atoms with E-state index < -0.39 is 0 Å². The molecule has 0 saturated carbocycles. The molecule has 1 aromatic heterocycles. The molecule has 4 rings (SSSR count). The summed E-state index contributed by atoms with van der Waals surface area (Å²) in [6.45, 7) is 0. The van der Waals surface area contributed by atoms with Gasteiger partial charge in [0, 0.05) is 11.1 Å². The van der Waals surface area contributed by atoms with Gasteiger partial charge in [-0.15, -0.1) is 11.3 Å². The van der Waals surface area contributed by atoms with Crippen molar-refractivity contribution < 1.29 is 8.78 Å². The van der Waals surface area contributed by atoms with Crippen molar-refractivity contribution in [2.45, 2.75) is 0 Å². The van der Waals surface area contributed by atoms with Crippen molar-refractivity contribution in [1.29, 1.82) is 0 Å². The van der Waals surface area contributed by atoms with Crippen LogP contribution in [-0.4, -0.2) is 11.5 Å². The number of nitrogens with one attached hydrogen (secondary N) is 1. The number of benzene rings is 2. The molecule has 24 heavy (non-hydrogen) atoms. The zero-order valence-electron chi connectivity index (χ0n) is 12.3. The Kier molecular flexibility index (Phi) is 3.66. The summed E-state index contributed by atoms with van der Waals surface area (Å²) >= 11 is 1.51. The van der Waals surface area contributed by atoms with Gasteiger partial charge in [0.05, 0.1) is 10.6 Å². The van der Waals surface area contributed by atoms with Crippen LogP contribution in [0.2, 0.25) is 0 Å². The fraction of sp³-hybridized carbons (Fsp3) is 0. The molecule has 1 aliphatic heterocycles. The maximum absolute atomic E-state index is 13.7. The second-order valence-electron chi connectivity index (χ2n) is 5.18. The van der Waals surface area contributed by atoms with Crippen molar-refractivity contribution in [3.8, 4) is 0 Å². The fourth-order valence-corrected chi connectivity index (χ4v) is 3.18. The molecular weight excluding hydrogens is 328 g/mol. The van der Waals surface area contributed by atoms with Gasteiger partial charge in [0.2, 0.25) is 0 Å². The molecule has 0 radical (unpaired) electrons. The molecule has 1 N–H and O–H groups in total. The lowest BCUT2D eigenvalue weighted by Gasteiger charge is -2.05. The van der Waals surface area contributed by atoms with Crippen LogP contribution in [0.3, 0.4) is 0 Å². The average Bonchev–Trinajstić information content (AvgIpc) is 3.04. The number of fused-ring (bicyclic) bond motifs is 1. The molecule has 0 amide bonds. The average molecular weight is 339 g/mol. The van der Waals surface area contributed by atoms with Crippen LogP contribution in [0.5, 0.6) is 0 Å². The smallest absolute Gasteiger partial charge is 0.154 e. The molecule has 0 bridgehead atoms. The van der Waals surface area contributed by atoms with Crippen molar-refractivity contribution in [1.82, 2.24) is 5.43 Å². The molecule has 2 aromatic carbocycles. The predicted octanol–water partition coefficient (Wildman–Crippen LogP) is 4.46. The van der Waals surface area contributed by atoms with E-state index in [1.807, 2.05) is 17.5 Å². The van der Waals surface area contributed by atoms with Gasteiger partial charge in [0.1, 0.15) is 17.3 Å². The summed E-state index contributed by atoms with van der Waals surface area (Å²) in [6, 6.07) is 14.2. The van der Waals surface area contributed by atoms with Gasteiger partial charge in [-0.3, -0.25) is 5.43 Å². The van der Waals surface area contributed by atoms with Gasteiger partial charge in [0.25, 0.3) is 0 Å². The molecule has 3 nitrogen and oxygen atoms in total. The van der Waals surface area contributed by atoms with Crippen LogP contribution in [-0.2, 0) is 0 Å². The van der Waals surface area contributed by atoms with E-state index in [0.29, 0.717) is 28.4 Å². The van der Waals surface area contributed by atoms with Crippen LogP contribution in [0.1, 0.15) is 16.0 Å². The quantitative estimate of drug-likeness (QED) is 0.735. The van der Waals surface area contributed by atoms with E-state index in [2.05, 4.69) is 15.5 Å². The Morgan fingerprint density at radius 1 is 0.917 bits per heavy atom. The lowest BCUT2D eigenvalue weighted by Crippen LogP contribution is -2.19. The summed E-state index contributed by atoms with van der Waals surface area (Å²) in [4.78, 5) is 5.45. The van der Waals surface area contributed by atoms with Crippen LogP contribution < -0.4 is 5.43 Å². The van der Waals surface area contributed by atoms with Gasteiger partial charge in [-0.05, 0) is 53.9 Å².